The monoisotopic (exact) mass is 795 g/mol. The zero-order valence-electron chi connectivity index (χ0n) is 29.4. The summed E-state index contributed by atoms with van der Waals surface area (Å²) in [5.41, 5.74) is 8.05. The molecule has 3 heterocycles. The predicted molar refractivity (Wildman–Crippen MR) is 191 cm³/mol. The van der Waals surface area contributed by atoms with Crippen molar-refractivity contribution in [1.29, 1.82) is 0 Å². The van der Waals surface area contributed by atoms with Gasteiger partial charge in [0.1, 0.15) is 5.82 Å². The molecule has 0 spiro atoms. The van der Waals surface area contributed by atoms with E-state index in [1.807, 2.05) is 71.8 Å². The van der Waals surface area contributed by atoms with Gasteiger partial charge in [-0.3, -0.25) is 0 Å². The van der Waals surface area contributed by atoms with E-state index in [1.165, 1.54) is 10.5 Å². The zero-order chi connectivity index (χ0) is 33.9. The molecule has 0 N–H and O–H groups in total. The molecule has 0 atom stereocenters. The van der Waals surface area contributed by atoms with Crippen LogP contribution >= 0.6 is 0 Å². The summed E-state index contributed by atoms with van der Waals surface area (Å²) < 4.78 is 26.7. The summed E-state index contributed by atoms with van der Waals surface area (Å²) in [6.07, 6.45) is 1.89. The first-order valence-electron chi connectivity index (χ1n) is 17.0. The van der Waals surface area contributed by atoms with Crippen LogP contribution < -0.4 is 14.7 Å². The Hall–Kier alpha value is -4.86. The second-order valence-corrected chi connectivity index (χ2v) is 12.7. The maximum atomic E-state index is 8.18. The van der Waals surface area contributed by atoms with Gasteiger partial charge in [0, 0.05) is 28.5 Å². The molecule has 8 rings (SSSR count). The summed E-state index contributed by atoms with van der Waals surface area (Å²) in [7, 11) is 0. The van der Waals surface area contributed by atoms with Crippen LogP contribution in [0.1, 0.15) is 30.4 Å². The van der Waals surface area contributed by atoms with Gasteiger partial charge in [-0.25, -0.2) is 4.98 Å². The first-order chi connectivity index (χ1) is 23.6. The summed E-state index contributed by atoms with van der Waals surface area (Å²) in [6, 6.07) is 48.2. The zero-order valence-corrected chi connectivity index (χ0v) is 28.7. The van der Waals surface area contributed by atoms with Crippen LogP contribution in [0.2, 0.25) is 0 Å². The van der Waals surface area contributed by atoms with Gasteiger partial charge in [-0.2, -0.15) is 12.1 Å². The number of para-hydroxylation sites is 4. The van der Waals surface area contributed by atoms with Crippen LogP contribution in [0.5, 0.6) is 0 Å². The molecule has 6 heteroatoms. The van der Waals surface area contributed by atoms with E-state index in [0.717, 1.165) is 56.1 Å². The minimum absolute atomic E-state index is 0. The van der Waals surface area contributed by atoms with Crippen molar-refractivity contribution in [2.45, 2.75) is 26.2 Å². The summed E-state index contributed by atoms with van der Waals surface area (Å²) in [5, 5.41) is 2.22. The van der Waals surface area contributed by atoms with Gasteiger partial charge in [-0.15, -0.1) is 35.7 Å². The first-order valence-corrected chi connectivity index (χ1v) is 15.5. The number of nitrogens with zero attached hydrogens (tertiary/aromatic N) is 5. The molecule has 47 heavy (non-hydrogen) atoms. The third-order valence-corrected chi connectivity index (χ3v) is 8.71. The van der Waals surface area contributed by atoms with Crippen LogP contribution in [0.4, 0.5) is 34.1 Å². The van der Waals surface area contributed by atoms with Gasteiger partial charge >= 0.3 is 21.1 Å². The van der Waals surface area contributed by atoms with Gasteiger partial charge in [0.25, 0.3) is 0 Å². The van der Waals surface area contributed by atoms with Crippen LogP contribution in [0.15, 0.2) is 128 Å². The summed E-state index contributed by atoms with van der Waals surface area (Å²) in [4.78, 5) is 10.5. The van der Waals surface area contributed by atoms with E-state index in [0.29, 0.717) is 5.69 Å². The Morgan fingerprint density at radius 3 is 2.30 bits per heavy atom. The Kier molecular flexibility index (Phi) is 7.00. The van der Waals surface area contributed by atoms with Crippen molar-refractivity contribution in [3.05, 3.63) is 145 Å². The van der Waals surface area contributed by atoms with E-state index in [-0.39, 0.29) is 33.1 Å². The standard InChI is InChI=1S/C41H35N5.Pt/c1-41(2,3)29-23-24-42-40(25-29)46-36-18-9-8-17-34(36)35-22-21-33(27-39(35)46)45(30-13-6-5-7-14-30)32-16-12-15-31(26-32)44-28-43(4)37-19-10-11-20-38(37)44;/h5-25H,28H2,1-4H3;/q-2;+2/i4D3;. The third kappa shape index (κ3) is 5.39. The maximum Gasteiger partial charge on any atom is 2.00 e. The van der Waals surface area contributed by atoms with E-state index >= 15 is 0 Å². The molecule has 0 saturated carbocycles. The molecule has 1 aliphatic rings. The molecule has 2 aromatic heterocycles. The molecule has 0 radical (unpaired) electrons. The number of hydrogen-bond acceptors (Lipinski definition) is 4. The molecule has 5 nitrogen and oxygen atoms in total. The number of aromatic nitrogens is 2. The predicted octanol–water partition coefficient (Wildman–Crippen LogP) is 10.1. The molecule has 5 aromatic carbocycles. The Balaban J connectivity index is 0.00000392. The van der Waals surface area contributed by atoms with Crippen LogP contribution in [0, 0.1) is 12.1 Å². The normalized spacial score (nSPS) is 14.0. The topological polar surface area (TPSA) is 27.5 Å². The van der Waals surface area contributed by atoms with Gasteiger partial charge < -0.3 is 19.3 Å². The van der Waals surface area contributed by atoms with Crippen molar-refractivity contribution in [2.75, 3.05) is 28.3 Å². The molecule has 1 aliphatic heterocycles. The molecule has 0 aliphatic carbocycles. The van der Waals surface area contributed by atoms with Gasteiger partial charge in [0.2, 0.25) is 0 Å². The number of pyridine rings is 1. The number of fused-ring (bicyclic) bond motifs is 4. The molecular formula is C41H35N5Pt. The summed E-state index contributed by atoms with van der Waals surface area (Å²) in [6.45, 7) is 4.56. The molecule has 0 saturated heterocycles. The number of rotatable bonds is 5. The molecule has 0 fully saturated rings. The van der Waals surface area contributed by atoms with E-state index in [9.17, 15) is 0 Å². The van der Waals surface area contributed by atoms with Crippen molar-refractivity contribution < 1.29 is 25.2 Å². The molecule has 0 amide bonds. The first kappa shape index (κ1) is 27.3. The Bertz CT molecular complexity index is 2330. The largest absolute Gasteiger partial charge is 2.00 e. The van der Waals surface area contributed by atoms with E-state index < -0.39 is 6.98 Å². The van der Waals surface area contributed by atoms with Crippen LogP contribution in [0.3, 0.4) is 0 Å². The third-order valence-electron chi connectivity index (χ3n) is 8.71. The number of benzene rings is 5. The molecule has 234 valence electrons. The second-order valence-electron chi connectivity index (χ2n) is 12.7. The summed E-state index contributed by atoms with van der Waals surface area (Å²) in [5.74, 6) is 0.846. The maximum absolute atomic E-state index is 8.18. The fourth-order valence-electron chi connectivity index (χ4n) is 6.40. The smallest absolute Gasteiger partial charge is 0.358 e. The fourth-order valence-corrected chi connectivity index (χ4v) is 6.40. The Morgan fingerprint density at radius 2 is 1.49 bits per heavy atom. The van der Waals surface area contributed by atoms with Gasteiger partial charge in [-0.05, 0) is 58.8 Å². The van der Waals surface area contributed by atoms with E-state index in [4.69, 9.17) is 9.10 Å². The van der Waals surface area contributed by atoms with E-state index in [1.54, 1.807) is 0 Å². The SMILES string of the molecule is [2H]C([2H])([2H])N1CN(c2[c-]c(N(c3[c-]c4c(cc3)c3ccccc3n4-c3cc(C(C)(C)C)ccn3)c3ccccc3)ccc2)c2ccccc21.[Pt+2]. The van der Waals surface area contributed by atoms with Crippen molar-refractivity contribution in [3.8, 4) is 5.82 Å². The van der Waals surface area contributed by atoms with Crippen LogP contribution in [-0.2, 0) is 26.5 Å². The van der Waals surface area contributed by atoms with Crippen molar-refractivity contribution >= 4 is 55.9 Å². The molecule has 0 bridgehead atoms. The van der Waals surface area contributed by atoms with Crippen molar-refractivity contribution in [1.82, 2.24) is 9.55 Å². The average molecular weight is 796 g/mol. The quantitative estimate of drug-likeness (QED) is 0.162. The van der Waals surface area contributed by atoms with Gasteiger partial charge in [-0.1, -0.05) is 91.9 Å². The minimum atomic E-state index is -2.28. The number of hydrogen-bond donors (Lipinski definition) is 0. The fraction of sp³-hybridized carbons (Fsp3) is 0.146. The van der Waals surface area contributed by atoms with E-state index in [2.05, 4.69) is 103 Å². The molecular weight excluding hydrogens is 758 g/mol. The van der Waals surface area contributed by atoms with Crippen LogP contribution in [-0.4, -0.2) is 23.2 Å². The van der Waals surface area contributed by atoms with Gasteiger partial charge in [0.05, 0.1) is 18.0 Å². The average Bonchev–Trinajstić information content (AvgIpc) is 3.65. The molecule has 7 aromatic rings. The van der Waals surface area contributed by atoms with Crippen molar-refractivity contribution in [2.24, 2.45) is 0 Å². The van der Waals surface area contributed by atoms with Gasteiger partial charge in [0.15, 0.2) is 0 Å². The molecule has 0 unspecified atom stereocenters. The Morgan fingerprint density at radius 1 is 0.745 bits per heavy atom. The summed E-state index contributed by atoms with van der Waals surface area (Å²) >= 11 is 0. The second kappa shape index (κ2) is 12.1. The Labute approximate surface area is 295 Å². The number of anilines is 6. The minimum Gasteiger partial charge on any atom is -0.358 e. The van der Waals surface area contributed by atoms with Crippen LogP contribution in [0.25, 0.3) is 27.6 Å². The van der Waals surface area contributed by atoms with Crippen molar-refractivity contribution in [3.63, 3.8) is 0 Å².